The van der Waals surface area contributed by atoms with E-state index in [1.165, 1.54) is 10.0 Å². The van der Waals surface area contributed by atoms with Crippen molar-refractivity contribution in [1.82, 2.24) is 5.43 Å². The normalized spacial score (nSPS) is 14.0. The molecule has 0 fully saturated rings. The van der Waals surface area contributed by atoms with Crippen molar-refractivity contribution in [3.63, 3.8) is 0 Å². The molecule has 3 aromatic rings. The van der Waals surface area contributed by atoms with Gasteiger partial charge in [0.25, 0.3) is 0 Å². The molecule has 0 unspecified atom stereocenters. The molecule has 0 saturated heterocycles. The number of urea groups is 1. The maximum absolute atomic E-state index is 13.0. The van der Waals surface area contributed by atoms with Crippen LogP contribution in [-0.4, -0.2) is 11.9 Å². The van der Waals surface area contributed by atoms with Crippen LogP contribution in [0.1, 0.15) is 11.1 Å². The smallest absolute Gasteiger partial charge is 0.244 e. The van der Waals surface area contributed by atoms with Crippen molar-refractivity contribution in [2.75, 3.05) is 10.0 Å². The predicted octanol–water partition coefficient (Wildman–Crippen LogP) is 4.32. The van der Waals surface area contributed by atoms with Crippen molar-refractivity contribution in [3.8, 4) is 0 Å². The molecule has 0 N–H and O–H groups in total. The van der Waals surface area contributed by atoms with Crippen molar-refractivity contribution in [2.45, 2.75) is 6.92 Å². The largest absolute Gasteiger partial charge is 0.370 e. The standard InChI is InChI=1S/C21H17N4O/c1-16-12-14-19(15-13-16)25-21(26)24(18-10-6-3-7-11-18)22-20(23-25)17-8-4-2-5-9-17/h2-15H,1H3. The van der Waals surface area contributed by atoms with E-state index in [1.807, 2.05) is 91.9 Å². The van der Waals surface area contributed by atoms with Crippen LogP contribution in [0.5, 0.6) is 0 Å². The molecule has 127 valence electrons. The summed E-state index contributed by atoms with van der Waals surface area (Å²) in [5.41, 5.74) is 7.86. The van der Waals surface area contributed by atoms with Crippen LogP contribution in [0, 0.1) is 6.92 Å². The first-order chi connectivity index (χ1) is 12.7. The zero-order chi connectivity index (χ0) is 17.9. The van der Waals surface area contributed by atoms with Crippen molar-refractivity contribution in [2.24, 2.45) is 5.10 Å². The maximum atomic E-state index is 13.0. The molecule has 1 aliphatic heterocycles. The van der Waals surface area contributed by atoms with Crippen LogP contribution < -0.4 is 15.4 Å². The van der Waals surface area contributed by atoms with Gasteiger partial charge in [-0.15, -0.1) is 10.5 Å². The molecule has 26 heavy (non-hydrogen) atoms. The number of hydrazone groups is 1. The lowest BCUT2D eigenvalue weighted by molar-refractivity contribution is 0.249. The van der Waals surface area contributed by atoms with E-state index in [9.17, 15) is 4.79 Å². The highest BCUT2D eigenvalue weighted by molar-refractivity contribution is 6.12. The van der Waals surface area contributed by atoms with Crippen LogP contribution in [0.25, 0.3) is 0 Å². The number of aryl methyl sites for hydroxylation is 1. The van der Waals surface area contributed by atoms with E-state index in [4.69, 9.17) is 0 Å². The van der Waals surface area contributed by atoms with Crippen LogP contribution in [0.4, 0.5) is 16.2 Å². The van der Waals surface area contributed by atoms with E-state index < -0.39 is 0 Å². The topological polar surface area (TPSA) is 50.0 Å². The minimum atomic E-state index is -0.320. The van der Waals surface area contributed by atoms with Gasteiger partial charge in [0.2, 0.25) is 0 Å². The number of nitrogens with zero attached hydrogens (tertiary/aromatic N) is 4. The monoisotopic (exact) mass is 341 g/mol. The molecule has 1 aliphatic rings. The van der Waals surface area contributed by atoms with Gasteiger partial charge in [-0.25, -0.2) is 4.79 Å². The van der Waals surface area contributed by atoms with Gasteiger partial charge in [-0.05, 0) is 31.2 Å². The molecule has 2 amide bonds. The number of hydrogen-bond donors (Lipinski definition) is 0. The first kappa shape index (κ1) is 15.9. The molecule has 3 aromatic carbocycles. The number of anilines is 2. The number of para-hydroxylation sites is 1. The molecule has 5 nitrogen and oxygen atoms in total. The minimum Gasteiger partial charge on any atom is -0.244 e. The molecule has 1 heterocycles. The fourth-order valence-electron chi connectivity index (χ4n) is 2.68. The summed E-state index contributed by atoms with van der Waals surface area (Å²) < 4.78 is 0. The lowest BCUT2D eigenvalue weighted by atomic mass is 10.2. The Morgan fingerprint density at radius 1 is 0.692 bits per heavy atom. The predicted molar refractivity (Wildman–Crippen MR) is 103 cm³/mol. The van der Waals surface area contributed by atoms with Gasteiger partial charge in [-0.1, -0.05) is 66.2 Å². The molecule has 0 saturated carbocycles. The second-order valence-electron chi connectivity index (χ2n) is 5.97. The van der Waals surface area contributed by atoms with Crippen LogP contribution in [0.2, 0.25) is 0 Å². The van der Waals surface area contributed by atoms with Gasteiger partial charge in [0.05, 0.1) is 11.4 Å². The average Bonchev–Trinajstić information content (AvgIpc) is 2.70. The quantitative estimate of drug-likeness (QED) is 0.700. The van der Waals surface area contributed by atoms with Crippen molar-refractivity contribution < 1.29 is 4.79 Å². The lowest BCUT2D eigenvalue weighted by Gasteiger charge is -2.31. The zero-order valence-electron chi connectivity index (χ0n) is 14.3. The van der Waals surface area contributed by atoms with Gasteiger partial charge in [-0.3, -0.25) is 0 Å². The van der Waals surface area contributed by atoms with Crippen LogP contribution in [-0.2, 0) is 0 Å². The summed E-state index contributed by atoms with van der Waals surface area (Å²) in [5.74, 6) is 0.481. The Balaban J connectivity index is 1.79. The van der Waals surface area contributed by atoms with E-state index >= 15 is 0 Å². The van der Waals surface area contributed by atoms with Crippen LogP contribution >= 0.6 is 0 Å². The summed E-state index contributed by atoms with van der Waals surface area (Å²) in [6, 6.07) is 26.4. The molecular formula is C21H17N4O. The molecular weight excluding hydrogens is 324 g/mol. The third-order valence-electron chi connectivity index (χ3n) is 4.06. The number of benzene rings is 3. The molecule has 1 radical (unpaired) electrons. The first-order valence-electron chi connectivity index (χ1n) is 8.34. The van der Waals surface area contributed by atoms with Gasteiger partial charge in [-0.2, -0.15) is 10.0 Å². The van der Waals surface area contributed by atoms with Crippen molar-refractivity contribution in [3.05, 3.63) is 96.1 Å². The summed E-state index contributed by atoms with van der Waals surface area (Å²) >= 11 is 0. The summed E-state index contributed by atoms with van der Waals surface area (Å²) in [5, 5.41) is 7.26. The number of rotatable bonds is 3. The minimum absolute atomic E-state index is 0.320. The number of carbonyl (C=O) groups excluding carboxylic acids is 1. The van der Waals surface area contributed by atoms with E-state index in [0.29, 0.717) is 17.2 Å². The van der Waals surface area contributed by atoms with Gasteiger partial charge < -0.3 is 0 Å². The molecule has 0 bridgehead atoms. The number of hydrogen-bond acceptors (Lipinski definition) is 2. The van der Waals surface area contributed by atoms with Gasteiger partial charge in [0.1, 0.15) is 0 Å². The SMILES string of the molecule is Cc1ccc(N2[N]C(c3ccccc3)=NN(c3ccccc3)C2=O)cc1. The first-order valence-corrected chi connectivity index (χ1v) is 8.34. The van der Waals surface area contributed by atoms with E-state index in [-0.39, 0.29) is 6.03 Å². The maximum Gasteiger partial charge on any atom is 0.370 e. The Kier molecular flexibility index (Phi) is 4.11. The van der Waals surface area contributed by atoms with Crippen LogP contribution in [0.3, 0.4) is 0 Å². The summed E-state index contributed by atoms with van der Waals surface area (Å²) in [4.78, 5) is 13.0. The van der Waals surface area contributed by atoms with E-state index in [1.54, 1.807) is 0 Å². The molecule has 0 atom stereocenters. The van der Waals surface area contributed by atoms with Gasteiger partial charge in [0.15, 0.2) is 5.84 Å². The summed E-state index contributed by atoms with van der Waals surface area (Å²) in [7, 11) is 0. The molecule has 4 rings (SSSR count). The Labute approximate surface area is 152 Å². The van der Waals surface area contributed by atoms with Crippen molar-refractivity contribution >= 4 is 23.2 Å². The number of amides is 2. The molecule has 0 spiro atoms. The highest BCUT2D eigenvalue weighted by Gasteiger charge is 2.32. The fourth-order valence-corrected chi connectivity index (χ4v) is 2.68. The highest BCUT2D eigenvalue weighted by atomic mass is 16.2. The Bertz CT molecular complexity index is 937. The lowest BCUT2D eigenvalue weighted by Crippen LogP contribution is -2.52. The summed E-state index contributed by atoms with van der Waals surface area (Å²) in [6.45, 7) is 2.01. The highest BCUT2D eigenvalue weighted by Crippen LogP contribution is 2.24. The number of amidine groups is 1. The van der Waals surface area contributed by atoms with E-state index in [0.717, 1.165) is 11.1 Å². The van der Waals surface area contributed by atoms with Gasteiger partial charge in [0, 0.05) is 5.56 Å². The van der Waals surface area contributed by atoms with Crippen molar-refractivity contribution in [1.29, 1.82) is 0 Å². The van der Waals surface area contributed by atoms with E-state index in [2.05, 4.69) is 10.5 Å². The van der Waals surface area contributed by atoms with Crippen LogP contribution in [0.15, 0.2) is 90.0 Å². The third kappa shape index (κ3) is 3.02. The second kappa shape index (κ2) is 6.72. The molecule has 5 heteroatoms. The average molecular weight is 341 g/mol. The third-order valence-corrected chi connectivity index (χ3v) is 4.06. The molecule has 0 aromatic heterocycles. The Hall–Kier alpha value is -3.60. The second-order valence-corrected chi connectivity index (χ2v) is 5.97. The Morgan fingerprint density at radius 2 is 1.27 bits per heavy atom. The summed E-state index contributed by atoms with van der Waals surface area (Å²) in [6.07, 6.45) is 0. The van der Waals surface area contributed by atoms with Gasteiger partial charge >= 0.3 is 6.03 Å². The fraction of sp³-hybridized carbons (Fsp3) is 0.0476. The Morgan fingerprint density at radius 3 is 1.92 bits per heavy atom. The zero-order valence-corrected chi connectivity index (χ0v) is 14.3. The molecule has 0 aliphatic carbocycles. The number of carbonyl (C=O) groups is 1.